The molecule has 3 aliphatic heterocycles. The first-order valence-corrected chi connectivity index (χ1v) is 15.2. The molecule has 1 aliphatic carbocycles. The Hall–Kier alpha value is -3.17. The largest absolute Gasteiger partial charge is 0.497 e. The minimum absolute atomic E-state index is 0.0956. The fourth-order valence-electron chi connectivity index (χ4n) is 7.14. The zero-order chi connectivity index (χ0) is 27.9. The maximum Gasteiger partial charge on any atom is 0.246 e. The highest BCUT2D eigenvalue weighted by Crippen LogP contribution is 2.59. The molecule has 6 rings (SSSR count). The summed E-state index contributed by atoms with van der Waals surface area (Å²) in [5.74, 6) is -1.32. The van der Waals surface area contributed by atoms with Gasteiger partial charge in [0.15, 0.2) is 0 Å². The quantitative estimate of drug-likeness (QED) is 0.455. The van der Waals surface area contributed by atoms with Crippen molar-refractivity contribution in [2.45, 2.75) is 75.3 Å². The molecule has 1 saturated carbocycles. The third kappa shape index (κ3) is 4.63. The molecule has 4 heterocycles. The van der Waals surface area contributed by atoms with Crippen LogP contribution in [0.5, 0.6) is 5.75 Å². The van der Waals surface area contributed by atoms with Gasteiger partial charge in [-0.15, -0.1) is 11.3 Å². The second kappa shape index (κ2) is 10.7. The van der Waals surface area contributed by atoms with Gasteiger partial charge in [-0.1, -0.05) is 49.6 Å². The Bertz CT molecular complexity index is 1290. The summed E-state index contributed by atoms with van der Waals surface area (Å²) >= 11 is 1.57. The van der Waals surface area contributed by atoms with E-state index >= 15 is 0 Å². The number of carbonyl (C=O) groups is 3. The first kappa shape index (κ1) is 27.0. The van der Waals surface area contributed by atoms with E-state index in [1.807, 2.05) is 60.9 Å². The predicted molar refractivity (Wildman–Crippen MR) is 152 cm³/mol. The summed E-state index contributed by atoms with van der Waals surface area (Å²) in [6.45, 7) is 2.61. The van der Waals surface area contributed by atoms with Crippen LogP contribution in [0.25, 0.3) is 0 Å². The number of hydrogen-bond acceptors (Lipinski definition) is 6. The molecular formula is C31H37N3O5S. The van der Waals surface area contributed by atoms with E-state index in [9.17, 15) is 14.4 Å². The third-order valence-electron chi connectivity index (χ3n) is 9.10. The van der Waals surface area contributed by atoms with Crippen LogP contribution in [-0.4, -0.2) is 59.6 Å². The summed E-state index contributed by atoms with van der Waals surface area (Å²) < 4.78 is 11.9. The second-order valence-corrected chi connectivity index (χ2v) is 12.6. The number of benzene rings is 1. The normalized spacial score (nSPS) is 30.9. The van der Waals surface area contributed by atoms with Crippen LogP contribution >= 0.6 is 11.3 Å². The molecule has 3 fully saturated rings. The van der Waals surface area contributed by atoms with Gasteiger partial charge in [-0.3, -0.25) is 14.4 Å². The van der Waals surface area contributed by atoms with Crippen molar-refractivity contribution in [3.05, 3.63) is 64.4 Å². The molecule has 8 nitrogen and oxygen atoms in total. The van der Waals surface area contributed by atoms with Gasteiger partial charge in [-0.25, -0.2) is 0 Å². The number of fused-ring (bicyclic) bond motifs is 1. The lowest BCUT2D eigenvalue weighted by Crippen LogP contribution is -2.57. The molecule has 212 valence electrons. The lowest BCUT2D eigenvalue weighted by atomic mass is 9.70. The highest BCUT2D eigenvalue weighted by atomic mass is 32.1. The van der Waals surface area contributed by atoms with Gasteiger partial charge in [-0.2, -0.15) is 0 Å². The first-order chi connectivity index (χ1) is 19.3. The fourth-order valence-corrected chi connectivity index (χ4v) is 7.78. The van der Waals surface area contributed by atoms with Crippen molar-refractivity contribution in [1.82, 2.24) is 15.5 Å². The lowest BCUT2D eigenvalue weighted by Gasteiger charge is -2.34. The van der Waals surface area contributed by atoms with Crippen molar-refractivity contribution in [3.8, 4) is 5.75 Å². The van der Waals surface area contributed by atoms with E-state index < -0.39 is 29.1 Å². The first-order valence-electron chi connectivity index (χ1n) is 14.3. The molecule has 2 bridgehead atoms. The van der Waals surface area contributed by atoms with Crippen molar-refractivity contribution in [3.63, 3.8) is 0 Å². The van der Waals surface area contributed by atoms with Crippen LogP contribution in [0.4, 0.5) is 0 Å². The Morgan fingerprint density at radius 2 is 1.88 bits per heavy atom. The molecule has 0 unspecified atom stereocenters. The molecule has 2 N–H and O–H groups in total. The Balaban J connectivity index is 1.28. The van der Waals surface area contributed by atoms with Crippen molar-refractivity contribution in [1.29, 1.82) is 0 Å². The Morgan fingerprint density at radius 3 is 2.58 bits per heavy atom. The van der Waals surface area contributed by atoms with Crippen LogP contribution in [0, 0.1) is 11.8 Å². The lowest BCUT2D eigenvalue weighted by molar-refractivity contribution is -0.145. The molecule has 0 radical (unpaired) electrons. The molecule has 2 saturated heterocycles. The zero-order valence-electron chi connectivity index (χ0n) is 23.1. The predicted octanol–water partition coefficient (Wildman–Crippen LogP) is 3.61. The highest BCUT2D eigenvalue weighted by molar-refractivity contribution is 7.09. The van der Waals surface area contributed by atoms with Crippen LogP contribution in [0.15, 0.2) is 53.9 Å². The maximum absolute atomic E-state index is 14.2. The van der Waals surface area contributed by atoms with Gasteiger partial charge in [0, 0.05) is 17.5 Å². The van der Waals surface area contributed by atoms with Crippen molar-refractivity contribution in [2.75, 3.05) is 13.7 Å². The number of carbonyl (C=O) groups excluding carboxylic acids is 3. The third-order valence-corrected chi connectivity index (χ3v) is 9.97. The van der Waals surface area contributed by atoms with Crippen molar-refractivity contribution in [2.24, 2.45) is 11.8 Å². The summed E-state index contributed by atoms with van der Waals surface area (Å²) in [6.07, 6.45) is 9.59. The van der Waals surface area contributed by atoms with E-state index in [2.05, 4.69) is 10.6 Å². The van der Waals surface area contributed by atoms with Gasteiger partial charge >= 0.3 is 0 Å². The Morgan fingerprint density at radius 1 is 1.10 bits per heavy atom. The molecule has 4 aliphatic rings. The number of methoxy groups -OCH3 is 1. The topological polar surface area (TPSA) is 97.0 Å². The van der Waals surface area contributed by atoms with Gasteiger partial charge in [0.25, 0.3) is 0 Å². The molecule has 1 aromatic carbocycles. The molecule has 9 heteroatoms. The zero-order valence-corrected chi connectivity index (χ0v) is 23.9. The summed E-state index contributed by atoms with van der Waals surface area (Å²) in [4.78, 5) is 44.6. The summed E-state index contributed by atoms with van der Waals surface area (Å²) in [6, 6.07) is 10.9. The van der Waals surface area contributed by atoms with Crippen LogP contribution in [0.1, 0.15) is 49.5 Å². The molecule has 2 aromatic rings. The monoisotopic (exact) mass is 563 g/mol. The number of hydrogen-bond donors (Lipinski definition) is 2. The molecule has 3 amide bonds. The Labute approximate surface area is 239 Å². The summed E-state index contributed by atoms with van der Waals surface area (Å²) in [5.41, 5.74) is -1.09. The number of thiophene rings is 1. The van der Waals surface area contributed by atoms with Gasteiger partial charge in [0.1, 0.15) is 17.4 Å². The van der Waals surface area contributed by atoms with E-state index in [0.717, 1.165) is 41.9 Å². The number of likely N-dealkylation sites (tertiary alicyclic amines) is 1. The van der Waals surface area contributed by atoms with E-state index in [-0.39, 0.29) is 23.8 Å². The molecule has 1 aromatic heterocycles. The number of nitrogens with one attached hydrogen (secondary N) is 2. The molecular weight excluding hydrogens is 526 g/mol. The van der Waals surface area contributed by atoms with Gasteiger partial charge in [-0.05, 0) is 55.3 Å². The van der Waals surface area contributed by atoms with E-state index in [4.69, 9.17) is 9.47 Å². The SMILES string of the molecule is COc1ccc(CCN2C(=O)[C@@H]3[C@H](C(=O)NCc4cccs4)[C@@]4(C)C=C[C@@]3(O4)[C@@H]2C(=O)NC2CCCCC2)cc1. The number of nitrogens with zero attached hydrogens (tertiary/aromatic N) is 1. The van der Waals surface area contributed by atoms with Crippen molar-refractivity contribution < 1.29 is 23.9 Å². The number of amides is 3. The molecule has 40 heavy (non-hydrogen) atoms. The van der Waals surface area contributed by atoms with E-state index in [1.54, 1.807) is 23.3 Å². The van der Waals surface area contributed by atoms with Crippen LogP contribution in [-0.2, 0) is 32.1 Å². The highest BCUT2D eigenvalue weighted by Gasteiger charge is 2.76. The van der Waals surface area contributed by atoms with Crippen LogP contribution in [0.2, 0.25) is 0 Å². The summed E-state index contributed by atoms with van der Waals surface area (Å²) in [5, 5.41) is 8.26. The van der Waals surface area contributed by atoms with Gasteiger partial charge in [0.05, 0.1) is 31.1 Å². The number of rotatable bonds is 9. The second-order valence-electron chi connectivity index (χ2n) is 11.6. The van der Waals surface area contributed by atoms with Gasteiger partial charge in [0.2, 0.25) is 17.7 Å². The Kier molecular flexibility index (Phi) is 7.21. The van der Waals surface area contributed by atoms with Crippen LogP contribution < -0.4 is 15.4 Å². The maximum atomic E-state index is 14.2. The standard InChI is InChI=1S/C31H37N3O5S/c1-30-15-16-31(39-30)25(24(30)27(35)32-19-23-9-6-18-40-23)29(37)34(17-14-20-10-12-22(38-2)13-11-20)26(31)28(36)33-21-7-4-3-5-8-21/h6,9-13,15-16,18,21,24-26H,3-5,7-8,14,17,19H2,1-2H3,(H,32,35)(H,33,36)/t24-,25+,26+,30-,31+/m1/s1. The average Bonchev–Trinajstić information content (AvgIpc) is 3.71. The minimum atomic E-state index is -1.17. The van der Waals surface area contributed by atoms with E-state index in [0.29, 0.717) is 19.5 Å². The molecule has 5 atom stereocenters. The number of ether oxygens (including phenoxy) is 2. The average molecular weight is 564 g/mol. The fraction of sp³-hybridized carbons (Fsp3) is 0.516. The molecule has 1 spiro atoms. The van der Waals surface area contributed by atoms with Gasteiger partial charge < -0.3 is 25.0 Å². The van der Waals surface area contributed by atoms with Crippen LogP contribution in [0.3, 0.4) is 0 Å². The van der Waals surface area contributed by atoms with Crippen molar-refractivity contribution >= 4 is 29.1 Å². The minimum Gasteiger partial charge on any atom is -0.497 e. The van der Waals surface area contributed by atoms with E-state index in [1.165, 1.54) is 6.42 Å². The summed E-state index contributed by atoms with van der Waals surface area (Å²) in [7, 11) is 1.63. The smallest absolute Gasteiger partial charge is 0.246 e.